The van der Waals surface area contributed by atoms with Crippen LogP contribution in [0.15, 0.2) is 54.6 Å². The van der Waals surface area contributed by atoms with E-state index in [1.54, 1.807) is 6.07 Å². The maximum Gasteiger partial charge on any atom is 0.269 e. The fourth-order valence-electron chi connectivity index (χ4n) is 3.16. The minimum atomic E-state index is -4.89. The average molecular weight is 486 g/mol. The van der Waals surface area contributed by atoms with E-state index in [-0.39, 0.29) is 23.5 Å². The molecule has 174 valence electrons. The molecule has 0 radical (unpaired) electrons. The predicted molar refractivity (Wildman–Crippen MR) is 111 cm³/mol. The lowest BCUT2D eigenvalue weighted by molar-refractivity contribution is -0.384. The number of nitro benzene ring substituents is 1. The van der Waals surface area contributed by atoms with Gasteiger partial charge in [-0.15, -0.1) is 0 Å². The number of nitrogens with zero attached hydrogens (tertiary/aromatic N) is 1. The Morgan fingerprint density at radius 3 is 1.91 bits per heavy atom. The Hall–Kier alpha value is -3.30. The van der Waals surface area contributed by atoms with Crippen molar-refractivity contribution in [1.29, 1.82) is 0 Å². The van der Waals surface area contributed by atoms with Crippen LogP contribution in [-0.4, -0.2) is 11.5 Å². The molecular formula is C21H16F5N2O4P. The van der Waals surface area contributed by atoms with Crippen LogP contribution in [0.5, 0.6) is 0 Å². The molecule has 33 heavy (non-hydrogen) atoms. The first kappa shape index (κ1) is 24.3. The number of benzene rings is 3. The molecule has 0 spiro atoms. The van der Waals surface area contributed by atoms with Crippen molar-refractivity contribution in [1.82, 2.24) is 0 Å². The zero-order valence-electron chi connectivity index (χ0n) is 16.9. The first-order chi connectivity index (χ1) is 15.6. The van der Waals surface area contributed by atoms with Crippen molar-refractivity contribution in [3.63, 3.8) is 0 Å². The van der Waals surface area contributed by atoms with Crippen molar-refractivity contribution in [3.05, 3.63) is 99.4 Å². The number of halogens is 5. The normalized spacial score (nSPS) is 13.9. The zero-order chi connectivity index (χ0) is 24.3. The fourth-order valence-corrected chi connectivity index (χ4v) is 5.71. The number of nitrogens with one attached hydrogen (secondary N) is 1. The second kappa shape index (κ2) is 9.68. The summed E-state index contributed by atoms with van der Waals surface area (Å²) in [5.74, 6) is -13.1. The highest BCUT2D eigenvalue weighted by molar-refractivity contribution is 7.67. The van der Waals surface area contributed by atoms with E-state index in [0.717, 1.165) is 12.1 Å². The smallest absolute Gasteiger partial charge is 0.269 e. The van der Waals surface area contributed by atoms with Crippen LogP contribution in [0.4, 0.5) is 33.3 Å². The number of nitro groups is 1. The van der Waals surface area contributed by atoms with Crippen molar-refractivity contribution in [2.24, 2.45) is 0 Å². The van der Waals surface area contributed by atoms with Gasteiger partial charge in [-0.05, 0) is 24.6 Å². The zero-order valence-corrected chi connectivity index (χ0v) is 17.8. The molecule has 0 heterocycles. The molecule has 6 nitrogen and oxygen atoms in total. The highest BCUT2D eigenvalue weighted by Crippen LogP contribution is 2.60. The van der Waals surface area contributed by atoms with Crippen LogP contribution in [0.3, 0.4) is 0 Å². The molecule has 0 amide bonds. The highest BCUT2D eigenvalue weighted by atomic mass is 31.2. The van der Waals surface area contributed by atoms with Crippen molar-refractivity contribution >= 4 is 24.0 Å². The number of non-ortho nitro benzene ring substituents is 1. The quantitative estimate of drug-likeness (QED) is 0.105. The molecule has 0 aliphatic rings. The van der Waals surface area contributed by atoms with Crippen LogP contribution >= 0.6 is 7.37 Å². The third kappa shape index (κ3) is 4.60. The summed E-state index contributed by atoms with van der Waals surface area (Å²) in [7, 11) is -4.89. The van der Waals surface area contributed by atoms with Gasteiger partial charge in [0.05, 0.1) is 11.5 Å². The van der Waals surface area contributed by atoms with Crippen molar-refractivity contribution in [2.45, 2.75) is 12.7 Å². The molecule has 0 unspecified atom stereocenters. The maximum absolute atomic E-state index is 14.7. The Morgan fingerprint density at radius 2 is 1.42 bits per heavy atom. The number of hydrogen-bond acceptors (Lipinski definition) is 5. The second-order valence-electron chi connectivity index (χ2n) is 6.69. The van der Waals surface area contributed by atoms with Crippen LogP contribution < -0.4 is 10.6 Å². The van der Waals surface area contributed by atoms with Crippen LogP contribution in [0.2, 0.25) is 0 Å². The van der Waals surface area contributed by atoms with E-state index in [9.17, 15) is 36.6 Å². The minimum Gasteiger partial charge on any atom is -0.370 e. The van der Waals surface area contributed by atoms with Crippen LogP contribution in [0, 0.1) is 39.2 Å². The summed E-state index contributed by atoms with van der Waals surface area (Å²) >= 11 is 0. The molecule has 0 saturated carbocycles. The molecule has 3 aromatic carbocycles. The van der Waals surface area contributed by atoms with Crippen LogP contribution in [0.25, 0.3) is 0 Å². The molecule has 0 aliphatic heterocycles. The molecule has 2 atom stereocenters. The first-order valence-corrected chi connectivity index (χ1v) is 11.1. The summed E-state index contributed by atoms with van der Waals surface area (Å²) < 4.78 is 90.2. The van der Waals surface area contributed by atoms with Gasteiger partial charge >= 0.3 is 0 Å². The van der Waals surface area contributed by atoms with Gasteiger partial charge in [-0.25, -0.2) is 22.0 Å². The lowest BCUT2D eigenvalue weighted by Crippen LogP contribution is -2.28. The van der Waals surface area contributed by atoms with Crippen LogP contribution in [-0.2, 0) is 9.09 Å². The summed E-state index contributed by atoms with van der Waals surface area (Å²) in [4.78, 5) is 10.2. The summed E-state index contributed by atoms with van der Waals surface area (Å²) in [5, 5.41) is 12.0. The fraction of sp³-hybridized carbons (Fsp3) is 0.143. The van der Waals surface area contributed by atoms with Gasteiger partial charge in [0, 0.05) is 17.8 Å². The van der Waals surface area contributed by atoms with Gasteiger partial charge in [0.15, 0.2) is 23.3 Å². The van der Waals surface area contributed by atoms with Crippen molar-refractivity contribution in [3.8, 4) is 0 Å². The molecule has 0 aromatic heterocycles. The van der Waals surface area contributed by atoms with E-state index in [4.69, 9.17) is 4.52 Å². The number of rotatable bonds is 8. The highest BCUT2D eigenvalue weighted by Gasteiger charge is 2.45. The second-order valence-corrected chi connectivity index (χ2v) is 9.11. The monoisotopic (exact) mass is 486 g/mol. The standard InChI is InChI=1S/C21H16F5N2O4P/c1-2-32-33(31,20-18(25)16(23)15(22)17(24)19(20)26)21(12-6-4-3-5-7-12)27-13-8-10-14(11-9-13)28(29)30/h3-11,21,27H,2H2,1H3/t21-,33+/m1/s1. The van der Waals surface area contributed by atoms with Gasteiger partial charge in [-0.2, -0.15) is 0 Å². The minimum absolute atomic E-state index is 0.123. The van der Waals surface area contributed by atoms with Gasteiger partial charge in [-0.1, -0.05) is 30.3 Å². The number of anilines is 1. The maximum atomic E-state index is 14.7. The van der Waals surface area contributed by atoms with Gasteiger partial charge in [0.25, 0.3) is 13.1 Å². The van der Waals surface area contributed by atoms with Crippen molar-refractivity contribution < 1.29 is 36.0 Å². The summed E-state index contributed by atoms with van der Waals surface area (Å²) in [5.41, 5.74) is 0.0133. The van der Waals surface area contributed by atoms with Gasteiger partial charge in [-0.3, -0.25) is 14.7 Å². The van der Waals surface area contributed by atoms with E-state index < -0.39 is 52.5 Å². The molecule has 1 N–H and O–H groups in total. The first-order valence-electron chi connectivity index (χ1n) is 9.44. The van der Waals surface area contributed by atoms with E-state index in [1.807, 2.05) is 0 Å². The van der Waals surface area contributed by atoms with Gasteiger partial charge in [0.1, 0.15) is 11.1 Å². The molecule has 0 aliphatic carbocycles. The number of hydrogen-bond donors (Lipinski definition) is 1. The molecular weight excluding hydrogens is 470 g/mol. The largest absolute Gasteiger partial charge is 0.370 e. The van der Waals surface area contributed by atoms with E-state index in [1.165, 1.54) is 43.3 Å². The molecule has 0 fully saturated rings. The van der Waals surface area contributed by atoms with Crippen molar-refractivity contribution in [2.75, 3.05) is 11.9 Å². The molecule has 0 saturated heterocycles. The molecule has 3 rings (SSSR count). The Balaban J connectivity index is 2.24. The Labute approximate surface area is 184 Å². The van der Waals surface area contributed by atoms with Crippen LogP contribution in [0.1, 0.15) is 18.3 Å². The average Bonchev–Trinajstić information content (AvgIpc) is 2.81. The SMILES string of the molecule is CCO[P@@](=O)(c1c(F)c(F)c(F)c(F)c1F)[C@@H](Nc1ccc([N+](=O)[O-])cc1)c1ccccc1. The van der Waals surface area contributed by atoms with E-state index in [0.29, 0.717) is 0 Å². The molecule has 12 heteroatoms. The van der Waals surface area contributed by atoms with Gasteiger partial charge < -0.3 is 9.84 Å². The molecule has 3 aromatic rings. The van der Waals surface area contributed by atoms with E-state index in [2.05, 4.69) is 5.32 Å². The van der Waals surface area contributed by atoms with Gasteiger partial charge in [0.2, 0.25) is 5.82 Å². The predicted octanol–water partition coefficient (Wildman–Crippen LogP) is 6.04. The lowest BCUT2D eigenvalue weighted by atomic mass is 10.2. The molecule has 0 bridgehead atoms. The summed E-state index contributed by atoms with van der Waals surface area (Å²) in [6.07, 6.45) is 0. The lowest BCUT2D eigenvalue weighted by Gasteiger charge is -2.30. The summed E-state index contributed by atoms with van der Waals surface area (Å²) in [6, 6.07) is 12.2. The Bertz CT molecular complexity index is 1200. The Kier molecular flexibility index (Phi) is 7.14. The Morgan fingerprint density at radius 1 is 0.909 bits per heavy atom. The third-order valence-electron chi connectivity index (χ3n) is 4.66. The summed E-state index contributed by atoms with van der Waals surface area (Å²) in [6.45, 7) is 0.953. The topological polar surface area (TPSA) is 81.5 Å². The third-order valence-corrected chi connectivity index (χ3v) is 7.42. The van der Waals surface area contributed by atoms with E-state index >= 15 is 0 Å².